The average molecular weight is 518 g/mol. The number of amides is 2. The van der Waals surface area contributed by atoms with E-state index in [4.69, 9.17) is 0 Å². The minimum absolute atomic E-state index is 0. The van der Waals surface area contributed by atoms with Crippen molar-refractivity contribution in [2.45, 2.75) is 45.0 Å². The number of nitrogens with one attached hydrogen (secondary N) is 3. The Morgan fingerprint density at radius 1 is 1.08 bits per heavy atom. The van der Waals surface area contributed by atoms with E-state index in [9.17, 15) is 32.7 Å². The zero-order valence-electron chi connectivity index (χ0n) is 20.0. The van der Waals surface area contributed by atoms with Crippen LogP contribution in [0.25, 0.3) is 0 Å². The number of nitrogens with zero attached hydrogens (tertiary/aromatic N) is 1. The standard InChI is InChI=1S/C23H27F3N4O5.Na/c1-15-9-11-28-19(12-15)27-10-3-2-4-20(31)29-14-21(32)30-18(13-22(33)34)16-5-7-17(8-6-16)35-23(24,25)26;/h5-9,11-12,18H,2-4,10,13-14H2,1H3,(H,27,28)(H,29,31)(H,30,32)(H,33,34);/q;+1/p-1. The van der Waals surface area contributed by atoms with Crippen molar-refractivity contribution < 1.29 is 67.0 Å². The van der Waals surface area contributed by atoms with Gasteiger partial charge in [0.15, 0.2) is 0 Å². The second kappa shape index (κ2) is 15.3. The summed E-state index contributed by atoms with van der Waals surface area (Å²) >= 11 is 0. The molecule has 0 aliphatic carbocycles. The summed E-state index contributed by atoms with van der Waals surface area (Å²) in [6.45, 7) is 2.20. The molecule has 1 aromatic heterocycles. The predicted molar refractivity (Wildman–Crippen MR) is 118 cm³/mol. The first kappa shape index (κ1) is 31.2. The summed E-state index contributed by atoms with van der Waals surface area (Å²) in [7, 11) is 0. The summed E-state index contributed by atoms with van der Waals surface area (Å²) in [5.74, 6) is -2.21. The minimum atomic E-state index is -4.87. The van der Waals surface area contributed by atoms with Gasteiger partial charge in [-0.3, -0.25) is 9.59 Å². The van der Waals surface area contributed by atoms with E-state index < -0.39 is 36.5 Å². The molecule has 1 unspecified atom stereocenters. The molecule has 0 bridgehead atoms. The molecule has 3 N–H and O–H groups in total. The van der Waals surface area contributed by atoms with Crippen molar-refractivity contribution in [2.24, 2.45) is 0 Å². The number of pyridine rings is 1. The number of carboxylic acid groups (broad SMARTS) is 1. The SMILES string of the molecule is Cc1ccnc(NCCCCC(=O)NCC(=O)NC(CC(=O)[O-])c2ccc(OC(F)(F)F)cc2)c1.[Na+]. The van der Waals surface area contributed by atoms with Gasteiger partial charge in [-0.05, 0) is 55.2 Å². The number of hydrogen-bond acceptors (Lipinski definition) is 7. The Kier molecular flexibility index (Phi) is 13.3. The van der Waals surface area contributed by atoms with Crippen molar-refractivity contribution in [3.8, 4) is 5.75 Å². The Morgan fingerprint density at radius 3 is 2.39 bits per heavy atom. The third kappa shape index (κ3) is 12.8. The maximum atomic E-state index is 12.3. The van der Waals surface area contributed by atoms with E-state index in [1.54, 1.807) is 6.20 Å². The Morgan fingerprint density at radius 2 is 1.78 bits per heavy atom. The number of aliphatic carboxylic acids is 1. The number of rotatable bonds is 13. The third-order valence-electron chi connectivity index (χ3n) is 4.72. The molecule has 9 nitrogen and oxygen atoms in total. The van der Waals surface area contributed by atoms with Crippen LogP contribution in [-0.4, -0.2) is 42.2 Å². The van der Waals surface area contributed by atoms with E-state index in [-0.39, 0.29) is 54.0 Å². The molecular weight excluding hydrogens is 492 g/mol. The average Bonchev–Trinajstić information content (AvgIpc) is 2.76. The number of aryl methyl sites for hydroxylation is 1. The second-order valence-corrected chi connectivity index (χ2v) is 7.69. The quantitative estimate of drug-likeness (QED) is 0.229. The Hall–Kier alpha value is -2.83. The number of alkyl halides is 3. The second-order valence-electron chi connectivity index (χ2n) is 7.69. The normalized spacial score (nSPS) is 11.6. The zero-order valence-corrected chi connectivity index (χ0v) is 22.0. The number of hydrogen-bond donors (Lipinski definition) is 3. The van der Waals surface area contributed by atoms with Crippen molar-refractivity contribution >= 4 is 23.6 Å². The summed E-state index contributed by atoms with van der Waals surface area (Å²) in [6, 6.07) is 7.14. The van der Waals surface area contributed by atoms with Gasteiger partial charge in [0.2, 0.25) is 11.8 Å². The number of aromatic nitrogens is 1. The molecule has 2 amide bonds. The van der Waals surface area contributed by atoms with E-state index in [1.807, 2.05) is 19.1 Å². The summed E-state index contributed by atoms with van der Waals surface area (Å²) in [4.78, 5) is 39.4. The molecule has 1 heterocycles. The number of carbonyl (C=O) groups excluding carboxylic acids is 3. The van der Waals surface area contributed by atoms with Crippen LogP contribution >= 0.6 is 0 Å². The monoisotopic (exact) mass is 518 g/mol. The molecule has 0 fully saturated rings. The third-order valence-corrected chi connectivity index (χ3v) is 4.72. The molecule has 0 saturated heterocycles. The van der Waals surface area contributed by atoms with Gasteiger partial charge in [0, 0.05) is 31.6 Å². The fraction of sp³-hybridized carbons (Fsp3) is 0.391. The molecule has 2 rings (SSSR count). The number of carboxylic acids is 1. The Bertz CT molecular complexity index is 1010. The molecule has 0 spiro atoms. The number of ether oxygens (including phenoxy) is 1. The van der Waals surface area contributed by atoms with E-state index >= 15 is 0 Å². The first-order chi connectivity index (χ1) is 16.5. The summed E-state index contributed by atoms with van der Waals surface area (Å²) in [5, 5.41) is 19.1. The molecule has 0 radical (unpaired) electrons. The van der Waals surface area contributed by atoms with Gasteiger partial charge < -0.3 is 30.6 Å². The van der Waals surface area contributed by atoms with Gasteiger partial charge in [-0.15, -0.1) is 13.2 Å². The van der Waals surface area contributed by atoms with E-state index in [1.165, 1.54) is 12.1 Å². The largest absolute Gasteiger partial charge is 1.00 e. The Labute approximate surface area is 228 Å². The van der Waals surface area contributed by atoms with Crippen molar-refractivity contribution in [1.82, 2.24) is 15.6 Å². The molecule has 13 heteroatoms. The molecule has 1 aromatic carbocycles. The number of anilines is 1. The van der Waals surface area contributed by atoms with Gasteiger partial charge >= 0.3 is 35.9 Å². The van der Waals surface area contributed by atoms with Gasteiger partial charge in [-0.2, -0.15) is 0 Å². The fourth-order valence-corrected chi connectivity index (χ4v) is 3.09. The molecule has 36 heavy (non-hydrogen) atoms. The van der Waals surface area contributed by atoms with Crippen LogP contribution < -0.4 is 55.4 Å². The Balaban J connectivity index is 0.00000648. The number of halogens is 3. The van der Waals surface area contributed by atoms with Crippen LogP contribution in [0, 0.1) is 6.92 Å². The fourth-order valence-electron chi connectivity index (χ4n) is 3.09. The number of carbonyl (C=O) groups is 3. The van der Waals surface area contributed by atoms with Crippen LogP contribution in [0.5, 0.6) is 5.75 Å². The topological polar surface area (TPSA) is 132 Å². The van der Waals surface area contributed by atoms with E-state index in [0.717, 1.165) is 23.5 Å². The maximum absolute atomic E-state index is 12.3. The van der Waals surface area contributed by atoms with Crippen molar-refractivity contribution in [2.75, 3.05) is 18.4 Å². The van der Waals surface area contributed by atoms with Crippen LogP contribution in [0.2, 0.25) is 0 Å². The minimum Gasteiger partial charge on any atom is -0.550 e. The molecule has 0 aliphatic heterocycles. The number of unbranched alkanes of at least 4 members (excludes halogenated alkanes) is 1. The van der Waals surface area contributed by atoms with Crippen molar-refractivity contribution in [3.05, 3.63) is 53.7 Å². The van der Waals surface area contributed by atoms with Gasteiger partial charge in [-0.1, -0.05) is 12.1 Å². The van der Waals surface area contributed by atoms with Crippen LogP contribution in [0.15, 0.2) is 42.6 Å². The molecule has 0 saturated carbocycles. The number of benzene rings is 1. The summed E-state index contributed by atoms with van der Waals surface area (Å²) in [6.07, 6.45) is -2.30. The summed E-state index contributed by atoms with van der Waals surface area (Å²) in [5.41, 5.74) is 1.31. The zero-order chi connectivity index (χ0) is 25.8. The summed E-state index contributed by atoms with van der Waals surface area (Å²) < 4.78 is 40.6. The van der Waals surface area contributed by atoms with E-state index in [2.05, 4.69) is 25.7 Å². The van der Waals surface area contributed by atoms with Gasteiger partial charge in [0.25, 0.3) is 0 Å². The van der Waals surface area contributed by atoms with Gasteiger partial charge in [-0.25, -0.2) is 4.98 Å². The first-order valence-electron chi connectivity index (χ1n) is 10.8. The van der Waals surface area contributed by atoms with Crippen molar-refractivity contribution in [1.29, 1.82) is 0 Å². The van der Waals surface area contributed by atoms with E-state index in [0.29, 0.717) is 19.4 Å². The molecular formula is C23H26F3N4NaO5. The van der Waals surface area contributed by atoms with Crippen LogP contribution in [0.4, 0.5) is 19.0 Å². The maximum Gasteiger partial charge on any atom is 1.00 e. The van der Waals surface area contributed by atoms with Crippen molar-refractivity contribution in [3.63, 3.8) is 0 Å². The van der Waals surface area contributed by atoms with Crippen LogP contribution in [-0.2, 0) is 14.4 Å². The van der Waals surface area contributed by atoms with Gasteiger partial charge in [0.05, 0.1) is 12.6 Å². The van der Waals surface area contributed by atoms with Crippen LogP contribution in [0.1, 0.15) is 42.9 Å². The smallest absolute Gasteiger partial charge is 0.550 e. The molecule has 0 aliphatic rings. The van der Waals surface area contributed by atoms with Gasteiger partial charge in [0.1, 0.15) is 11.6 Å². The van der Waals surface area contributed by atoms with Crippen LogP contribution in [0.3, 0.4) is 0 Å². The molecule has 1 atom stereocenters. The molecule has 2 aromatic rings. The first-order valence-corrected chi connectivity index (χ1v) is 10.8. The predicted octanol–water partition coefficient (Wildman–Crippen LogP) is -1.01. The molecule has 190 valence electrons.